The molecule has 2 aromatic rings. The molecule has 2 aromatic carbocycles. The summed E-state index contributed by atoms with van der Waals surface area (Å²) in [5.74, 6) is 2.13. The molecule has 0 spiro atoms. The second-order valence-electron chi connectivity index (χ2n) is 5.04. The molecular weight excluding hydrogens is 268 g/mol. The number of aliphatic hydroxyl groups excluding tert-OH is 1. The zero-order valence-corrected chi connectivity index (χ0v) is 12.1. The lowest BCUT2D eigenvalue weighted by atomic mass is 9.87. The normalized spacial score (nSPS) is 20.3. The van der Waals surface area contributed by atoms with Crippen molar-refractivity contribution in [2.24, 2.45) is 0 Å². The smallest absolute Gasteiger partial charge is 0.128 e. The van der Waals surface area contributed by atoms with Crippen molar-refractivity contribution in [3.8, 4) is 17.2 Å². The molecule has 0 aliphatic carbocycles. The summed E-state index contributed by atoms with van der Waals surface area (Å²) >= 11 is 0. The van der Waals surface area contributed by atoms with Gasteiger partial charge in [0, 0.05) is 17.5 Å². The van der Waals surface area contributed by atoms with Crippen molar-refractivity contribution in [1.82, 2.24) is 0 Å². The summed E-state index contributed by atoms with van der Waals surface area (Å²) in [4.78, 5) is 0. The molecule has 0 bridgehead atoms. The summed E-state index contributed by atoms with van der Waals surface area (Å²) in [6.45, 7) is 0.438. The Kier molecular flexibility index (Phi) is 3.71. The quantitative estimate of drug-likeness (QED) is 0.942. The Hall–Kier alpha value is -2.20. The van der Waals surface area contributed by atoms with Gasteiger partial charge < -0.3 is 19.3 Å². The number of benzene rings is 2. The average molecular weight is 286 g/mol. The Bertz CT molecular complexity index is 621. The first-order chi connectivity index (χ1) is 10.2. The Labute approximate surface area is 123 Å². The second kappa shape index (κ2) is 5.66. The number of aliphatic hydroxyl groups is 1. The molecule has 0 amide bonds. The molecule has 0 aromatic heterocycles. The molecule has 0 saturated carbocycles. The van der Waals surface area contributed by atoms with Gasteiger partial charge >= 0.3 is 0 Å². The maximum absolute atomic E-state index is 10.6. The molecule has 1 aliphatic rings. The highest BCUT2D eigenvalue weighted by atomic mass is 16.5. The molecule has 1 N–H and O–H groups in total. The van der Waals surface area contributed by atoms with E-state index < -0.39 is 6.10 Å². The SMILES string of the molecule is COc1ccc([C@H]2COc3cc(OC)ccc3[C@H]2O)cc1. The van der Waals surface area contributed by atoms with Crippen molar-refractivity contribution in [1.29, 1.82) is 0 Å². The highest BCUT2D eigenvalue weighted by molar-refractivity contribution is 5.45. The number of ether oxygens (including phenoxy) is 3. The molecule has 0 radical (unpaired) electrons. The summed E-state index contributed by atoms with van der Waals surface area (Å²) in [5.41, 5.74) is 1.83. The molecule has 1 heterocycles. The van der Waals surface area contributed by atoms with Crippen LogP contribution in [0.15, 0.2) is 42.5 Å². The molecule has 0 fully saturated rings. The molecule has 3 rings (SSSR count). The molecule has 0 unspecified atom stereocenters. The van der Waals surface area contributed by atoms with Crippen molar-refractivity contribution >= 4 is 0 Å². The van der Waals surface area contributed by atoms with Gasteiger partial charge in [-0.1, -0.05) is 12.1 Å². The van der Waals surface area contributed by atoms with E-state index in [0.29, 0.717) is 12.4 Å². The van der Waals surface area contributed by atoms with E-state index in [-0.39, 0.29) is 5.92 Å². The predicted octanol–water partition coefficient (Wildman–Crippen LogP) is 2.91. The summed E-state index contributed by atoms with van der Waals surface area (Å²) in [7, 11) is 3.25. The molecular formula is C17H18O4. The van der Waals surface area contributed by atoms with E-state index in [2.05, 4.69) is 0 Å². The molecule has 4 nitrogen and oxygen atoms in total. The predicted molar refractivity (Wildman–Crippen MR) is 79.2 cm³/mol. The Morgan fingerprint density at radius 2 is 1.67 bits per heavy atom. The van der Waals surface area contributed by atoms with Crippen molar-refractivity contribution < 1.29 is 19.3 Å². The van der Waals surface area contributed by atoms with Crippen LogP contribution in [-0.4, -0.2) is 25.9 Å². The largest absolute Gasteiger partial charge is 0.497 e. The maximum Gasteiger partial charge on any atom is 0.128 e. The van der Waals surface area contributed by atoms with Crippen molar-refractivity contribution in [3.63, 3.8) is 0 Å². The van der Waals surface area contributed by atoms with Crippen LogP contribution < -0.4 is 14.2 Å². The summed E-state index contributed by atoms with van der Waals surface area (Å²) < 4.78 is 16.1. The third-order valence-electron chi connectivity index (χ3n) is 3.88. The van der Waals surface area contributed by atoms with Crippen LogP contribution >= 0.6 is 0 Å². The van der Waals surface area contributed by atoms with Crippen molar-refractivity contribution in [2.45, 2.75) is 12.0 Å². The van der Waals surface area contributed by atoms with E-state index >= 15 is 0 Å². The van der Waals surface area contributed by atoms with Crippen LogP contribution in [0.4, 0.5) is 0 Å². The topological polar surface area (TPSA) is 47.9 Å². The van der Waals surface area contributed by atoms with Gasteiger partial charge in [-0.2, -0.15) is 0 Å². The minimum atomic E-state index is -0.590. The van der Waals surface area contributed by atoms with Crippen LogP contribution in [-0.2, 0) is 0 Å². The van der Waals surface area contributed by atoms with Crippen molar-refractivity contribution in [2.75, 3.05) is 20.8 Å². The molecule has 21 heavy (non-hydrogen) atoms. The number of hydrogen-bond donors (Lipinski definition) is 1. The third-order valence-corrected chi connectivity index (χ3v) is 3.88. The zero-order chi connectivity index (χ0) is 14.8. The fourth-order valence-electron chi connectivity index (χ4n) is 2.63. The highest BCUT2D eigenvalue weighted by Gasteiger charge is 2.30. The van der Waals surface area contributed by atoms with Gasteiger partial charge in [0.05, 0.1) is 26.9 Å². The minimum absolute atomic E-state index is 0.0863. The minimum Gasteiger partial charge on any atom is -0.497 e. The van der Waals surface area contributed by atoms with Gasteiger partial charge in [0.2, 0.25) is 0 Å². The lowest BCUT2D eigenvalue weighted by molar-refractivity contribution is 0.0887. The first kappa shape index (κ1) is 13.8. The van der Waals surface area contributed by atoms with Gasteiger partial charge in [0.15, 0.2) is 0 Å². The zero-order valence-electron chi connectivity index (χ0n) is 12.1. The monoisotopic (exact) mass is 286 g/mol. The van der Waals surface area contributed by atoms with Gasteiger partial charge in [-0.25, -0.2) is 0 Å². The van der Waals surface area contributed by atoms with Gasteiger partial charge in [-0.15, -0.1) is 0 Å². The highest BCUT2D eigenvalue weighted by Crippen LogP contribution is 2.42. The molecule has 2 atom stereocenters. The van der Waals surface area contributed by atoms with Gasteiger partial charge in [-0.3, -0.25) is 0 Å². The number of methoxy groups -OCH3 is 2. The summed E-state index contributed by atoms with van der Waals surface area (Å²) in [5, 5.41) is 10.6. The van der Waals surface area contributed by atoms with E-state index in [1.165, 1.54) is 0 Å². The number of fused-ring (bicyclic) bond motifs is 1. The van der Waals surface area contributed by atoms with Crippen LogP contribution in [0.2, 0.25) is 0 Å². The van der Waals surface area contributed by atoms with Gasteiger partial charge in [-0.05, 0) is 29.8 Å². The lowest BCUT2D eigenvalue weighted by Gasteiger charge is -2.30. The molecule has 4 heteroatoms. The first-order valence-electron chi connectivity index (χ1n) is 6.85. The van der Waals surface area contributed by atoms with Crippen molar-refractivity contribution in [3.05, 3.63) is 53.6 Å². The van der Waals surface area contributed by atoms with Crippen LogP contribution in [0.1, 0.15) is 23.1 Å². The average Bonchev–Trinajstić information content (AvgIpc) is 2.55. The third kappa shape index (κ3) is 2.54. The molecule has 0 saturated heterocycles. The van der Waals surface area contributed by atoms with Gasteiger partial charge in [0.1, 0.15) is 17.2 Å². The second-order valence-corrected chi connectivity index (χ2v) is 5.04. The molecule has 1 aliphatic heterocycles. The number of hydrogen-bond acceptors (Lipinski definition) is 4. The maximum atomic E-state index is 10.6. The summed E-state index contributed by atoms with van der Waals surface area (Å²) in [6, 6.07) is 13.2. The van der Waals surface area contributed by atoms with E-state index in [9.17, 15) is 5.11 Å². The number of rotatable bonds is 3. The standard InChI is InChI=1S/C17H18O4/c1-19-12-5-3-11(4-6-12)15-10-21-16-9-13(20-2)7-8-14(16)17(15)18/h3-9,15,17-18H,10H2,1-2H3/t15-,17-/m1/s1. The van der Waals surface area contributed by atoms with E-state index in [1.54, 1.807) is 14.2 Å². The van der Waals surface area contributed by atoms with Gasteiger partial charge in [0.25, 0.3) is 0 Å². The Morgan fingerprint density at radius 1 is 1.00 bits per heavy atom. The fourth-order valence-corrected chi connectivity index (χ4v) is 2.63. The first-order valence-corrected chi connectivity index (χ1v) is 6.85. The van der Waals surface area contributed by atoms with Crippen LogP contribution in [0, 0.1) is 0 Å². The van der Waals surface area contributed by atoms with E-state index in [0.717, 1.165) is 22.6 Å². The Balaban J connectivity index is 1.88. The molecule has 110 valence electrons. The van der Waals surface area contributed by atoms with Crippen LogP contribution in [0.5, 0.6) is 17.2 Å². The van der Waals surface area contributed by atoms with Crippen LogP contribution in [0.25, 0.3) is 0 Å². The van der Waals surface area contributed by atoms with E-state index in [1.807, 2.05) is 42.5 Å². The fraction of sp³-hybridized carbons (Fsp3) is 0.294. The summed E-state index contributed by atoms with van der Waals surface area (Å²) in [6.07, 6.45) is -0.590. The van der Waals surface area contributed by atoms with E-state index in [4.69, 9.17) is 14.2 Å². The van der Waals surface area contributed by atoms with Crippen LogP contribution in [0.3, 0.4) is 0 Å². The lowest BCUT2D eigenvalue weighted by Crippen LogP contribution is -2.24. The Morgan fingerprint density at radius 3 is 2.33 bits per heavy atom.